The first-order valence-electron chi connectivity index (χ1n) is 2.30. The van der Waals surface area contributed by atoms with Crippen molar-refractivity contribution < 1.29 is 12.6 Å². The van der Waals surface area contributed by atoms with Crippen LogP contribution in [0.3, 0.4) is 0 Å². The van der Waals surface area contributed by atoms with Gasteiger partial charge in [0.05, 0.1) is 6.26 Å². The van der Waals surface area contributed by atoms with Gasteiger partial charge in [0, 0.05) is 0 Å². The van der Waals surface area contributed by atoms with Crippen LogP contribution in [0.15, 0.2) is 0 Å². The highest BCUT2D eigenvalue weighted by atomic mass is 32.2. The summed E-state index contributed by atoms with van der Waals surface area (Å²) in [5.41, 5.74) is 2.12. The quantitative estimate of drug-likeness (QED) is 0.230. The molecule has 0 aromatic heterocycles. The first-order chi connectivity index (χ1) is 3.95. The zero-order chi connectivity index (χ0) is 7.49. The SMILES string of the molecule is CC(NN)OS(C)(=O)=O. The van der Waals surface area contributed by atoms with Crippen molar-refractivity contribution >= 4 is 10.1 Å². The molecule has 0 aliphatic carbocycles. The number of rotatable bonds is 3. The second-order valence-electron chi connectivity index (χ2n) is 1.61. The highest BCUT2D eigenvalue weighted by Crippen LogP contribution is 1.90. The van der Waals surface area contributed by atoms with E-state index >= 15 is 0 Å². The van der Waals surface area contributed by atoms with Gasteiger partial charge >= 0.3 is 0 Å². The molecular weight excluding hydrogens is 144 g/mol. The van der Waals surface area contributed by atoms with Crippen LogP contribution >= 0.6 is 0 Å². The summed E-state index contributed by atoms with van der Waals surface area (Å²) in [7, 11) is -3.38. The minimum absolute atomic E-state index is 0.667. The molecule has 1 atom stereocenters. The minimum Gasteiger partial charge on any atom is -0.269 e. The normalized spacial score (nSPS) is 15.4. The maximum absolute atomic E-state index is 10.3. The van der Waals surface area contributed by atoms with Gasteiger partial charge in [0.25, 0.3) is 10.1 Å². The predicted octanol–water partition coefficient (Wildman–Crippen LogP) is -1.23. The molecule has 0 heterocycles. The summed E-state index contributed by atoms with van der Waals surface area (Å²) in [5, 5.41) is 0. The lowest BCUT2D eigenvalue weighted by Crippen LogP contribution is -2.35. The van der Waals surface area contributed by atoms with Crippen molar-refractivity contribution in [3.63, 3.8) is 0 Å². The third-order valence-electron chi connectivity index (χ3n) is 0.554. The lowest BCUT2D eigenvalue weighted by atomic mass is 10.7. The number of nitrogens with two attached hydrogens (primary N) is 1. The van der Waals surface area contributed by atoms with E-state index in [1.165, 1.54) is 6.92 Å². The summed E-state index contributed by atoms with van der Waals surface area (Å²) in [6.07, 6.45) is 0.292. The molecule has 0 fully saturated rings. The van der Waals surface area contributed by atoms with Crippen LogP contribution in [0.1, 0.15) is 6.92 Å². The van der Waals surface area contributed by atoms with E-state index < -0.39 is 16.3 Å². The average molecular weight is 154 g/mol. The Balaban J connectivity index is 3.75. The smallest absolute Gasteiger partial charge is 0.265 e. The van der Waals surface area contributed by atoms with E-state index in [9.17, 15) is 8.42 Å². The fourth-order valence-electron chi connectivity index (χ4n) is 0.290. The van der Waals surface area contributed by atoms with Crippen LogP contribution in [0.5, 0.6) is 0 Å². The Morgan fingerprint density at radius 2 is 2.11 bits per heavy atom. The molecule has 0 aliphatic rings. The molecular formula is C3H10N2O3S. The van der Waals surface area contributed by atoms with Gasteiger partial charge in [-0.2, -0.15) is 8.42 Å². The van der Waals surface area contributed by atoms with Crippen LogP contribution in [-0.4, -0.2) is 20.9 Å². The topological polar surface area (TPSA) is 81.4 Å². The first-order valence-corrected chi connectivity index (χ1v) is 4.12. The molecule has 3 N–H and O–H groups in total. The van der Waals surface area contributed by atoms with E-state index in [2.05, 4.69) is 9.61 Å². The summed E-state index contributed by atoms with van der Waals surface area (Å²) >= 11 is 0. The third-order valence-corrected chi connectivity index (χ3v) is 1.19. The molecule has 0 saturated carbocycles. The summed E-state index contributed by atoms with van der Waals surface area (Å²) < 4.78 is 24.9. The third kappa shape index (κ3) is 5.71. The van der Waals surface area contributed by atoms with Gasteiger partial charge in [0.15, 0.2) is 0 Å². The second-order valence-corrected chi connectivity index (χ2v) is 3.21. The van der Waals surface area contributed by atoms with Gasteiger partial charge in [-0.25, -0.2) is 5.43 Å². The Morgan fingerprint density at radius 1 is 1.67 bits per heavy atom. The van der Waals surface area contributed by atoms with Gasteiger partial charge < -0.3 is 0 Å². The van der Waals surface area contributed by atoms with Crippen LogP contribution in [0, 0.1) is 0 Å². The fraction of sp³-hybridized carbons (Fsp3) is 1.00. The fourth-order valence-corrected chi connectivity index (χ4v) is 0.870. The maximum atomic E-state index is 10.3. The molecule has 0 amide bonds. The lowest BCUT2D eigenvalue weighted by Gasteiger charge is -2.07. The number of hydrogen-bond acceptors (Lipinski definition) is 5. The van der Waals surface area contributed by atoms with Crippen LogP contribution in [0.4, 0.5) is 0 Å². The molecule has 0 rings (SSSR count). The Hall–Kier alpha value is -0.170. The number of hydrogen-bond donors (Lipinski definition) is 2. The van der Waals surface area contributed by atoms with Crippen molar-refractivity contribution in [3.05, 3.63) is 0 Å². The van der Waals surface area contributed by atoms with Gasteiger partial charge in [-0.15, -0.1) is 0 Å². The second kappa shape index (κ2) is 3.11. The van der Waals surface area contributed by atoms with Crippen LogP contribution in [-0.2, 0) is 14.3 Å². The van der Waals surface area contributed by atoms with E-state index in [0.29, 0.717) is 0 Å². The van der Waals surface area contributed by atoms with Gasteiger partial charge in [-0.05, 0) is 6.92 Å². The largest absolute Gasteiger partial charge is 0.269 e. The molecule has 1 unspecified atom stereocenters. The van der Waals surface area contributed by atoms with Crippen molar-refractivity contribution in [2.45, 2.75) is 13.2 Å². The lowest BCUT2D eigenvalue weighted by molar-refractivity contribution is 0.194. The zero-order valence-electron chi connectivity index (χ0n) is 5.29. The first kappa shape index (κ1) is 8.83. The number of nitrogens with one attached hydrogen (secondary N) is 1. The van der Waals surface area contributed by atoms with Gasteiger partial charge in [-0.1, -0.05) is 0 Å². The Kier molecular flexibility index (Phi) is 3.06. The van der Waals surface area contributed by atoms with Crippen molar-refractivity contribution in [1.82, 2.24) is 5.43 Å². The average Bonchev–Trinajstić information content (AvgIpc) is 1.62. The van der Waals surface area contributed by atoms with Crippen molar-refractivity contribution in [2.75, 3.05) is 6.26 Å². The molecule has 6 heteroatoms. The molecule has 5 nitrogen and oxygen atoms in total. The van der Waals surface area contributed by atoms with Crippen molar-refractivity contribution in [1.29, 1.82) is 0 Å². The molecule has 0 spiro atoms. The Labute approximate surface area is 54.3 Å². The van der Waals surface area contributed by atoms with Crippen molar-refractivity contribution in [3.8, 4) is 0 Å². The number of hydrazine groups is 1. The summed E-state index contributed by atoms with van der Waals surface area (Å²) in [6, 6.07) is 0. The standard InChI is InChI=1S/C3H10N2O3S/c1-3(5-4)8-9(2,6)7/h3,5H,4H2,1-2H3. The van der Waals surface area contributed by atoms with Crippen LogP contribution in [0.25, 0.3) is 0 Å². The molecule has 0 radical (unpaired) electrons. The van der Waals surface area contributed by atoms with Gasteiger partial charge in [-0.3, -0.25) is 10.0 Å². The molecule has 56 valence electrons. The minimum atomic E-state index is -3.38. The van der Waals surface area contributed by atoms with Crippen molar-refractivity contribution in [2.24, 2.45) is 5.84 Å². The molecule has 0 bridgehead atoms. The van der Waals surface area contributed by atoms with Gasteiger partial charge in [0.1, 0.15) is 6.23 Å². The van der Waals surface area contributed by atoms with Crippen LogP contribution in [0.2, 0.25) is 0 Å². The van der Waals surface area contributed by atoms with E-state index in [1.54, 1.807) is 0 Å². The van der Waals surface area contributed by atoms with E-state index in [1.807, 2.05) is 0 Å². The molecule has 0 saturated heterocycles. The molecule has 0 aromatic rings. The van der Waals surface area contributed by atoms with E-state index in [4.69, 9.17) is 5.84 Å². The molecule has 9 heavy (non-hydrogen) atoms. The predicted molar refractivity (Wildman–Crippen MR) is 32.7 cm³/mol. The summed E-state index contributed by atoms with van der Waals surface area (Å²) in [4.78, 5) is 0. The molecule has 0 aromatic carbocycles. The Morgan fingerprint density at radius 3 is 2.22 bits per heavy atom. The molecule has 0 aliphatic heterocycles. The highest BCUT2D eigenvalue weighted by Gasteiger charge is 2.06. The Bertz CT molecular complexity index is 164. The van der Waals surface area contributed by atoms with E-state index in [-0.39, 0.29) is 0 Å². The maximum Gasteiger partial charge on any atom is 0.265 e. The highest BCUT2D eigenvalue weighted by molar-refractivity contribution is 7.86. The van der Waals surface area contributed by atoms with Crippen LogP contribution < -0.4 is 11.3 Å². The summed E-state index contributed by atoms with van der Waals surface area (Å²) in [6.45, 7) is 1.49. The van der Waals surface area contributed by atoms with E-state index in [0.717, 1.165) is 6.26 Å². The zero-order valence-corrected chi connectivity index (χ0v) is 6.10. The van der Waals surface area contributed by atoms with Gasteiger partial charge in [0.2, 0.25) is 0 Å². The monoisotopic (exact) mass is 154 g/mol. The summed E-state index contributed by atoms with van der Waals surface area (Å²) in [5.74, 6) is 4.84.